The molecule has 1 saturated heterocycles. The van der Waals surface area contributed by atoms with Crippen LogP contribution in [0.1, 0.15) is 25.7 Å². The fourth-order valence-electron chi connectivity index (χ4n) is 2.24. The summed E-state index contributed by atoms with van der Waals surface area (Å²) in [5, 5.41) is 2.48. The van der Waals surface area contributed by atoms with E-state index < -0.39 is 0 Å². The maximum absolute atomic E-state index is 5.81. The van der Waals surface area contributed by atoms with Gasteiger partial charge in [-0.1, -0.05) is 50.2 Å². The molecule has 0 spiro atoms. The Balaban J connectivity index is 1.87. The monoisotopic (exact) mass is 242 g/mol. The summed E-state index contributed by atoms with van der Waals surface area (Å²) >= 11 is 0. The second-order valence-corrected chi connectivity index (χ2v) is 5.72. The summed E-state index contributed by atoms with van der Waals surface area (Å²) in [7, 11) is 0. The van der Waals surface area contributed by atoms with Crippen molar-refractivity contribution in [2.75, 3.05) is 13.2 Å². The van der Waals surface area contributed by atoms with Crippen molar-refractivity contribution >= 4 is 10.8 Å². The van der Waals surface area contributed by atoms with Crippen LogP contribution in [0.15, 0.2) is 42.5 Å². The second kappa shape index (κ2) is 4.38. The minimum atomic E-state index is -0.220. The van der Waals surface area contributed by atoms with E-state index in [-0.39, 0.29) is 11.7 Å². The Kier molecular flexibility index (Phi) is 2.84. The molecule has 0 bridgehead atoms. The third-order valence-electron chi connectivity index (χ3n) is 3.30. The number of benzene rings is 2. The SMILES string of the molecule is CC1(C)COC(c2ccc3ccccc3c2)OC1. The van der Waals surface area contributed by atoms with Gasteiger partial charge in [0.25, 0.3) is 0 Å². The van der Waals surface area contributed by atoms with E-state index >= 15 is 0 Å². The van der Waals surface area contributed by atoms with Gasteiger partial charge in [0.1, 0.15) is 0 Å². The predicted molar refractivity (Wildman–Crippen MR) is 72.4 cm³/mol. The molecular formula is C16H18O2. The quantitative estimate of drug-likeness (QED) is 0.754. The molecule has 0 unspecified atom stereocenters. The Labute approximate surface area is 108 Å². The maximum Gasteiger partial charge on any atom is 0.183 e. The van der Waals surface area contributed by atoms with Crippen LogP contribution in [-0.2, 0) is 9.47 Å². The van der Waals surface area contributed by atoms with Crippen molar-refractivity contribution in [2.45, 2.75) is 20.1 Å². The fraction of sp³-hybridized carbons (Fsp3) is 0.375. The normalized spacial score (nSPS) is 20.1. The van der Waals surface area contributed by atoms with Gasteiger partial charge in [-0.15, -0.1) is 0 Å². The highest BCUT2D eigenvalue weighted by atomic mass is 16.7. The van der Waals surface area contributed by atoms with Gasteiger partial charge >= 0.3 is 0 Å². The lowest BCUT2D eigenvalue weighted by atomic mass is 9.95. The van der Waals surface area contributed by atoms with Crippen molar-refractivity contribution in [2.24, 2.45) is 5.41 Å². The number of ether oxygens (including phenoxy) is 2. The van der Waals surface area contributed by atoms with Crippen molar-refractivity contribution in [1.29, 1.82) is 0 Å². The van der Waals surface area contributed by atoms with E-state index in [1.54, 1.807) is 0 Å². The predicted octanol–water partition coefficient (Wildman–Crippen LogP) is 3.91. The molecule has 0 radical (unpaired) electrons. The zero-order valence-corrected chi connectivity index (χ0v) is 10.8. The Hall–Kier alpha value is -1.38. The van der Waals surface area contributed by atoms with Crippen LogP contribution in [0.4, 0.5) is 0 Å². The standard InChI is InChI=1S/C16H18O2/c1-16(2)10-17-15(18-11-16)14-8-7-12-5-3-4-6-13(12)9-14/h3-9,15H,10-11H2,1-2H3. The summed E-state index contributed by atoms with van der Waals surface area (Å²) in [6.07, 6.45) is -0.220. The Morgan fingerprint density at radius 1 is 0.944 bits per heavy atom. The summed E-state index contributed by atoms with van der Waals surface area (Å²) < 4.78 is 11.6. The molecule has 0 aliphatic carbocycles. The molecule has 1 aliphatic heterocycles. The van der Waals surface area contributed by atoms with Gasteiger partial charge in [0.15, 0.2) is 6.29 Å². The lowest BCUT2D eigenvalue weighted by Gasteiger charge is -2.34. The maximum atomic E-state index is 5.81. The molecule has 94 valence electrons. The molecule has 2 aromatic rings. The molecule has 2 aromatic carbocycles. The largest absolute Gasteiger partial charge is 0.348 e. The number of hydrogen-bond acceptors (Lipinski definition) is 2. The van der Waals surface area contributed by atoms with Crippen molar-refractivity contribution in [3.8, 4) is 0 Å². The average Bonchev–Trinajstić information content (AvgIpc) is 2.38. The molecule has 1 heterocycles. The van der Waals surface area contributed by atoms with Gasteiger partial charge in [-0.2, -0.15) is 0 Å². The zero-order chi connectivity index (χ0) is 12.6. The second-order valence-electron chi connectivity index (χ2n) is 5.72. The van der Waals surface area contributed by atoms with E-state index in [4.69, 9.17) is 9.47 Å². The van der Waals surface area contributed by atoms with E-state index in [0.717, 1.165) is 18.8 Å². The van der Waals surface area contributed by atoms with Gasteiger partial charge in [0.05, 0.1) is 13.2 Å². The molecule has 1 aliphatic rings. The summed E-state index contributed by atoms with van der Waals surface area (Å²) in [5.41, 5.74) is 1.22. The molecule has 1 fully saturated rings. The number of rotatable bonds is 1. The smallest absolute Gasteiger partial charge is 0.183 e. The molecule has 0 aromatic heterocycles. The number of hydrogen-bond donors (Lipinski definition) is 0. The zero-order valence-electron chi connectivity index (χ0n) is 10.8. The van der Waals surface area contributed by atoms with Crippen LogP contribution >= 0.6 is 0 Å². The first-order valence-electron chi connectivity index (χ1n) is 6.36. The molecule has 2 heteroatoms. The molecule has 0 N–H and O–H groups in total. The van der Waals surface area contributed by atoms with Crippen molar-refractivity contribution in [3.05, 3.63) is 48.0 Å². The third kappa shape index (κ3) is 2.26. The summed E-state index contributed by atoms with van der Waals surface area (Å²) in [5.74, 6) is 0. The van der Waals surface area contributed by atoms with E-state index in [9.17, 15) is 0 Å². The highest BCUT2D eigenvalue weighted by Gasteiger charge is 2.29. The third-order valence-corrected chi connectivity index (χ3v) is 3.30. The van der Waals surface area contributed by atoms with Gasteiger partial charge in [0.2, 0.25) is 0 Å². The topological polar surface area (TPSA) is 18.5 Å². The first-order chi connectivity index (χ1) is 8.64. The van der Waals surface area contributed by atoms with Crippen LogP contribution < -0.4 is 0 Å². The summed E-state index contributed by atoms with van der Waals surface area (Å²) in [6, 6.07) is 14.7. The van der Waals surface area contributed by atoms with Crippen molar-refractivity contribution in [3.63, 3.8) is 0 Å². The molecule has 3 rings (SSSR count). The van der Waals surface area contributed by atoms with Crippen LogP contribution in [0.3, 0.4) is 0 Å². The highest BCUT2D eigenvalue weighted by molar-refractivity contribution is 5.83. The lowest BCUT2D eigenvalue weighted by molar-refractivity contribution is -0.226. The van der Waals surface area contributed by atoms with Crippen molar-refractivity contribution < 1.29 is 9.47 Å². The first kappa shape index (κ1) is 11.7. The minimum Gasteiger partial charge on any atom is -0.348 e. The van der Waals surface area contributed by atoms with E-state index in [1.807, 2.05) is 0 Å². The van der Waals surface area contributed by atoms with Gasteiger partial charge in [-0.25, -0.2) is 0 Å². The molecule has 2 nitrogen and oxygen atoms in total. The molecule has 0 saturated carbocycles. The number of fused-ring (bicyclic) bond motifs is 1. The van der Waals surface area contributed by atoms with Gasteiger partial charge in [-0.3, -0.25) is 0 Å². The molecule has 18 heavy (non-hydrogen) atoms. The average molecular weight is 242 g/mol. The van der Waals surface area contributed by atoms with Crippen LogP contribution in [-0.4, -0.2) is 13.2 Å². The fourth-order valence-corrected chi connectivity index (χ4v) is 2.24. The highest BCUT2D eigenvalue weighted by Crippen LogP contribution is 2.32. The van der Waals surface area contributed by atoms with Crippen LogP contribution in [0.2, 0.25) is 0 Å². The Bertz CT molecular complexity index is 550. The van der Waals surface area contributed by atoms with Crippen LogP contribution in [0, 0.1) is 5.41 Å². The van der Waals surface area contributed by atoms with Crippen LogP contribution in [0.5, 0.6) is 0 Å². The van der Waals surface area contributed by atoms with Crippen molar-refractivity contribution in [1.82, 2.24) is 0 Å². The van der Waals surface area contributed by atoms with Crippen LogP contribution in [0.25, 0.3) is 10.8 Å². The molecule has 0 amide bonds. The minimum absolute atomic E-state index is 0.118. The van der Waals surface area contributed by atoms with Gasteiger partial charge < -0.3 is 9.47 Å². The summed E-state index contributed by atoms with van der Waals surface area (Å²) in [4.78, 5) is 0. The van der Waals surface area contributed by atoms with Gasteiger partial charge in [0, 0.05) is 11.0 Å². The lowest BCUT2D eigenvalue weighted by Crippen LogP contribution is -2.33. The van der Waals surface area contributed by atoms with Gasteiger partial charge in [-0.05, 0) is 16.8 Å². The summed E-state index contributed by atoms with van der Waals surface area (Å²) in [6.45, 7) is 5.79. The van der Waals surface area contributed by atoms with E-state index in [1.165, 1.54) is 10.8 Å². The molecular weight excluding hydrogens is 224 g/mol. The first-order valence-corrected chi connectivity index (χ1v) is 6.36. The Morgan fingerprint density at radius 2 is 1.61 bits per heavy atom. The molecule has 0 atom stereocenters. The Morgan fingerprint density at radius 3 is 2.33 bits per heavy atom. The van der Waals surface area contributed by atoms with E-state index in [2.05, 4.69) is 56.3 Å². The van der Waals surface area contributed by atoms with E-state index in [0.29, 0.717) is 0 Å².